The second-order valence-electron chi connectivity index (χ2n) is 9.06. The van der Waals surface area contributed by atoms with E-state index in [4.69, 9.17) is 38.3 Å². The summed E-state index contributed by atoms with van der Waals surface area (Å²) in [5.41, 5.74) is 7.37. The first-order chi connectivity index (χ1) is 17.8. The van der Waals surface area contributed by atoms with Crippen molar-refractivity contribution in [2.75, 3.05) is 19.1 Å². The quantitative estimate of drug-likeness (QED) is 0.281. The van der Waals surface area contributed by atoms with E-state index >= 15 is 0 Å². The van der Waals surface area contributed by atoms with Gasteiger partial charge in [-0.05, 0) is 81.0 Å². The van der Waals surface area contributed by atoms with Gasteiger partial charge in [-0.1, -0.05) is 23.7 Å². The molecule has 0 bridgehead atoms. The second kappa shape index (κ2) is 10.1. The van der Waals surface area contributed by atoms with Gasteiger partial charge in [0.25, 0.3) is 0 Å². The third-order valence-corrected chi connectivity index (χ3v) is 7.66. The highest BCUT2D eigenvalue weighted by atomic mass is 35.5. The maximum Gasteiger partial charge on any atom is 0.174 e. The van der Waals surface area contributed by atoms with Crippen LogP contribution in [0.3, 0.4) is 0 Å². The fraction of sp³-hybridized carbons (Fsp3) is 0.241. The van der Waals surface area contributed by atoms with E-state index in [0.717, 1.165) is 34.2 Å². The van der Waals surface area contributed by atoms with Crippen molar-refractivity contribution in [1.82, 2.24) is 14.9 Å². The molecule has 1 N–H and O–H groups in total. The predicted octanol–water partition coefficient (Wildman–Crippen LogP) is 6.65. The standard InChI is InChI=1S/C29H29ClN4O2S/c1-17-18(2)33(21-10-8-9-20(30)15-21)19(3)26(17)28-27(23-11-6-7-14-31-23)32-29(37)34(28)24-16-22(35-4)12-13-25(24)36-5/h6-16,27-28H,1-5H3,(H,32,37)/t27-,28-/m0/s1. The summed E-state index contributed by atoms with van der Waals surface area (Å²) < 4.78 is 13.6. The third-order valence-electron chi connectivity index (χ3n) is 7.11. The lowest BCUT2D eigenvalue weighted by Crippen LogP contribution is -2.30. The molecule has 5 rings (SSSR count). The van der Waals surface area contributed by atoms with E-state index in [2.05, 4.69) is 41.6 Å². The van der Waals surface area contributed by atoms with Gasteiger partial charge in [0.1, 0.15) is 11.5 Å². The van der Waals surface area contributed by atoms with Crippen LogP contribution in [0.4, 0.5) is 5.69 Å². The van der Waals surface area contributed by atoms with E-state index in [9.17, 15) is 0 Å². The first-order valence-corrected chi connectivity index (χ1v) is 12.8. The highest BCUT2D eigenvalue weighted by Crippen LogP contribution is 2.48. The molecule has 0 unspecified atom stereocenters. The number of hydrogen-bond donors (Lipinski definition) is 1. The van der Waals surface area contributed by atoms with Gasteiger partial charge >= 0.3 is 0 Å². The summed E-state index contributed by atoms with van der Waals surface area (Å²) in [5, 5.41) is 4.85. The highest BCUT2D eigenvalue weighted by Gasteiger charge is 2.44. The Labute approximate surface area is 227 Å². The van der Waals surface area contributed by atoms with E-state index < -0.39 is 0 Å². The van der Waals surface area contributed by atoms with Gasteiger partial charge in [0, 0.05) is 39.9 Å². The molecule has 0 aliphatic carbocycles. The Morgan fingerprint density at radius 3 is 2.43 bits per heavy atom. The number of pyridine rings is 1. The lowest BCUT2D eigenvalue weighted by atomic mass is 9.93. The van der Waals surface area contributed by atoms with Crippen molar-refractivity contribution in [3.63, 3.8) is 0 Å². The van der Waals surface area contributed by atoms with E-state index in [1.54, 1.807) is 14.2 Å². The number of rotatable bonds is 6. The number of thiocarbonyl (C=S) groups is 1. The fourth-order valence-electron chi connectivity index (χ4n) is 5.34. The van der Waals surface area contributed by atoms with Crippen LogP contribution in [0.5, 0.6) is 11.5 Å². The number of nitrogens with zero attached hydrogens (tertiary/aromatic N) is 3. The molecule has 2 atom stereocenters. The smallest absolute Gasteiger partial charge is 0.174 e. The van der Waals surface area contributed by atoms with Gasteiger partial charge in [-0.2, -0.15) is 0 Å². The van der Waals surface area contributed by atoms with Gasteiger partial charge in [0.2, 0.25) is 0 Å². The van der Waals surface area contributed by atoms with Crippen LogP contribution in [0.15, 0.2) is 66.9 Å². The van der Waals surface area contributed by atoms with Crippen molar-refractivity contribution in [3.05, 3.63) is 100 Å². The maximum atomic E-state index is 6.38. The zero-order chi connectivity index (χ0) is 26.3. The molecule has 0 radical (unpaired) electrons. The summed E-state index contributed by atoms with van der Waals surface area (Å²) in [7, 11) is 3.32. The van der Waals surface area contributed by atoms with Gasteiger partial charge in [0.15, 0.2) is 5.11 Å². The van der Waals surface area contributed by atoms with Crippen LogP contribution in [0.2, 0.25) is 5.02 Å². The summed E-state index contributed by atoms with van der Waals surface area (Å²) in [6, 6.07) is 19.3. The van der Waals surface area contributed by atoms with Crippen LogP contribution in [-0.4, -0.2) is 28.9 Å². The molecule has 1 aliphatic rings. The average Bonchev–Trinajstić information content (AvgIpc) is 3.35. The second-order valence-corrected chi connectivity index (χ2v) is 9.88. The van der Waals surface area contributed by atoms with Crippen molar-refractivity contribution in [1.29, 1.82) is 0 Å². The number of hydrogen-bond acceptors (Lipinski definition) is 4. The summed E-state index contributed by atoms with van der Waals surface area (Å²) in [4.78, 5) is 6.84. The van der Waals surface area contributed by atoms with Crippen molar-refractivity contribution < 1.29 is 9.47 Å². The fourth-order valence-corrected chi connectivity index (χ4v) is 5.86. The average molecular weight is 533 g/mol. The van der Waals surface area contributed by atoms with E-state index in [1.165, 1.54) is 11.1 Å². The number of aromatic nitrogens is 2. The molecule has 190 valence electrons. The Morgan fingerprint density at radius 2 is 1.76 bits per heavy atom. The Balaban J connectivity index is 1.76. The van der Waals surface area contributed by atoms with Crippen molar-refractivity contribution in [3.8, 4) is 17.2 Å². The normalized spacial score (nSPS) is 17.1. The van der Waals surface area contributed by atoms with Crippen LogP contribution in [0, 0.1) is 20.8 Å². The van der Waals surface area contributed by atoms with Crippen molar-refractivity contribution >= 4 is 34.6 Å². The monoisotopic (exact) mass is 532 g/mol. The molecule has 2 aromatic carbocycles. The topological polar surface area (TPSA) is 51.6 Å². The largest absolute Gasteiger partial charge is 0.497 e. The molecule has 0 amide bonds. The molecule has 0 saturated carbocycles. The number of ether oxygens (including phenoxy) is 2. The molecule has 6 nitrogen and oxygen atoms in total. The molecule has 8 heteroatoms. The van der Waals surface area contributed by atoms with E-state index in [1.807, 2.05) is 60.8 Å². The minimum atomic E-state index is -0.192. The van der Waals surface area contributed by atoms with Gasteiger partial charge in [-0.25, -0.2) is 0 Å². The molecule has 1 aliphatic heterocycles. The number of anilines is 1. The van der Waals surface area contributed by atoms with Gasteiger partial charge < -0.3 is 24.3 Å². The predicted molar refractivity (Wildman–Crippen MR) is 152 cm³/mol. The van der Waals surface area contributed by atoms with Crippen LogP contribution < -0.4 is 19.7 Å². The zero-order valence-electron chi connectivity index (χ0n) is 21.4. The zero-order valence-corrected chi connectivity index (χ0v) is 23.0. The lowest BCUT2D eigenvalue weighted by molar-refractivity contribution is 0.403. The lowest BCUT2D eigenvalue weighted by Gasteiger charge is -2.30. The van der Waals surface area contributed by atoms with E-state index in [0.29, 0.717) is 15.9 Å². The Morgan fingerprint density at radius 1 is 0.946 bits per heavy atom. The number of nitrogens with one attached hydrogen (secondary N) is 1. The molecule has 2 aromatic heterocycles. The Bertz CT molecular complexity index is 1470. The summed E-state index contributed by atoms with van der Waals surface area (Å²) in [5.74, 6) is 1.43. The number of benzene rings is 2. The minimum absolute atomic E-state index is 0.184. The summed E-state index contributed by atoms with van der Waals surface area (Å²) >= 11 is 12.3. The number of halogens is 1. The molecule has 3 heterocycles. The summed E-state index contributed by atoms with van der Waals surface area (Å²) in [6.07, 6.45) is 1.81. The van der Waals surface area contributed by atoms with Gasteiger partial charge in [0.05, 0.1) is 37.7 Å². The first-order valence-electron chi connectivity index (χ1n) is 12.0. The maximum absolute atomic E-state index is 6.38. The molecule has 0 spiro atoms. The molecule has 4 aromatic rings. The third kappa shape index (κ3) is 4.32. The summed E-state index contributed by atoms with van der Waals surface area (Å²) in [6.45, 7) is 6.45. The Hall–Kier alpha value is -3.55. The molecular weight excluding hydrogens is 504 g/mol. The van der Waals surface area contributed by atoms with Gasteiger partial charge in [-0.3, -0.25) is 4.98 Å². The molecule has 37 heavy (non-hydrogen) atoms. The SMILES string of the molecule is COc1ccc(OC)c(N2C(=S)N[C@@H](c3ccccn3)[C@@H]2c2c(C)c(C)n(-c3cccc(Cl)c3)c2C)c1. The van der Waals surface area contributed by atoms with Crippen LogP contribution in [-0.2, 0) is 0 Å². The molecule has 1 fully saturated rings. The van der Waals surface area contributed by atoms with Crippen LogP contribution in [0.25, 0.3) is 5.69 Å². The first kappa shape index (κ1) is 25.1. The minimum Gasteiger partial charge on any atom is -0.497 e. The van der Waals surface area contributed by atoms with Crippen molar-refractivity contribution in [2.45, 2.75) is 32.9 Å². The van der Waals surface area contributed by atoms with Crippen LogP contribution in [0.1, 0.15) is 40.3 Å². The van der Waals surface area contributed by atoms with Crippen molar-refractivity contribution in [2.24, 2.45) is 0 Å². The highest BCUT2D eigenvalue weighted by molar-refractivity contribution is 7.80. The van der Waals surface area contributed by atoms with Gasteiger partial charge in [-0.15, -0.1) is 0 Å². The molecule has 1 saturated heterocycles. The van der Waals surface area contributed by atoms with Crippen LogP contribution >= 0.6 is 23.8 Å². The number of methoxy groups -OCH3 is 2. The Kier molecular flexibility index (Phi) is 6.84. The molecular formula is C29H29ClN4O2S. The van der Waals surface area contributed by atoms with E-state index in [-0.39, 0.29) is 12.1 Å².